The van der Waals surface area contributed by atoms with Crippen LogP contribution in [0.15, 0.2) is 30.3 Å². The highest BCUT2D eigenvalue weighted by molar-refractivity contribution is 5.83. The van der Waals surface area contributed by atoms with E-state index in [-0.39, 0.29) is 11.8 Å². The van der Waals surface area contributed by atoms with Crippen LogP contribution in [0.1, 0.15) is 37.7 Å². The van der Waals surface area contributed by atoms with Crippen molar-refractivity contribution in [2.45, 2.75) is 38.1 Å². The molecule has 0 aromatic heterocycles. The Morgan fingerprint density at radius 3 is 2.45 bits per heavy atom. The van der Waals surface area contributed by atoms with E-state index in [9.17, 15) is 4.79 Å². The molecular formula is C17H26N2O. The Kier molecular flexibility index (Phi) is 5.18. The second kappa shape index (κ2) is 6.89. The zero-order chi connectivity index (χ0) is 14.5. The van der Waals surface area contributed by atoms with Gasteiger partial charge in [-0.3, -0.25) is 4.79 Å². The van der Waals surface area contributed by atoms with E-state index in [0.29, 0.717) is 6.04 Å². The van der Waals surface area contributed by atoms with Crippen molar-refractivity contribution in [3.8, 4) is 0 Å². The van der Waals surface area contributed by atoms with Crippen molar-refractivity contribution in [1.29, 1.82) is 0 Å². The topological polar surface area (TPSA) is 23.6 Å². The second-order valence-corrected chi connectivity index (χ2v) is 5.86. The number of rotatable bonds is 4. The summed E-state index contributed by atoms with van der Waals surface area (Å²) >= 11 is 0. The Balaban J connectivity index is 2.05. The summed E-state index contributed by atoms with van der Waals surface area (Å²) in [7, 11) is 4.13. The average molecular weight is 274 g/mol. The Labute approximate surface area is 122 Å². The van der Waals surface area contributed by atoms with Crippen molar-refractivity contribution >= 4 is 5.91 Å². The lowest BCUT2D eigenvalue weighted by Crippen LogP contribution is -2.45. The minimum atomic E-state index is 0.000793. The fourth-order valence-electron chi connectivity index (χ4n) is 3.05. The van der Waals surface area contributed by atoms with Crippen molar-refractivity contribution in [2.24, 2.45) is 0 Å². The van der Waals surface area contributed by atoms with Gasteiger partial charge in [0.2, 0.25) is 5.91 Å². The minimum absolute atomic E-state index is 0.000793. The van der Waals surface area contributed by atoms with Crippen molar-refractivity contribution in [3.63, 3.8) is 0 Å². The normalized spacial score (nSPS) is 18.8. The summed E-state index contributed by atoms with van der Waals surface area (Å²) in [5.41, 5.74) is 1.14. The van der Waals surface area contributed by atoms with Crippen LogP contribution in [0.3, 0.4) is 0 Å². The molecule has 20 heavy (non-hydrogen) atoms. The summed E-state index contributed by atoms with van der Waals surface area (Å²) in [5.74, 6) is 0.272. The molecule has 110 valence electrons. The summed E-state index contributed by atoms with van der Waals surface area (Å²) in [6, 6.07) is 10.6. The Morgan fingerprint density at radius 2 is 1.90 bits per heavy atom. The van der Waals surface area contributed by atoms with Crippen molar-refractivity contribution < 1.29 is 4.79 Å². The van der Waals surface area contributed by atoms with Crippen LogP contribution in [0.25, 0.3) is 0 Å². The molecule has 1 saturated heterocycles. The van der Waals surface area contributed by atoms with Crippen LogP contribution in [0.5, 0.6) is 0 Å². The van der Waals surface area contributed by atoms with Crippen LogP contribution < -0.4 is 0 Å². The number of likely N-dealkylation sites (N-methyl/N-ethyl adjacent to an activating group) is 1. The summed E-state index contributed by atoms with van der Waals surface area (Å²) in [5, 5.41) is 0. The number of piperidine rings is 1. The summed E-state index contributed by atoms with van der Waals surface area (Å²) in [6.45, 7) is 4.27. The monoisotopic (exact) mass is 274 g/mol. The molecule has 0 radical (unpaired) electrons. The lowest BCUT2D eigenvalue weighted by molar-refractivity contribution is -0.134. The van der Waals surface area contributed by atoms with Crippen LogP contribution in [0, 0.1) is 0 Å². The van der Waals surface area contributed by atoms with Crippen LogP contribution in [-0.4, -0.2) is 48.9 Å². The molecule has 0 spiro atoms. The molecule has 0 aliphatic carbocycles. The van der Waals surface area contributed by atoms with Gasteiger partial charge in [0.05, 0.1) is 5.92 Å². The fourth-order valence-corrected chi connectivity index (χ4v) is 3.05. The summed E-state index contributed by atoms with van der Waals surface area (Å²) in [4.78, 5) is 17.1. The van der Waals surface area contributed by atoms with E-state index in [1.54, 1.807) is 0 Å². The van der Waals surface area contributed by atoms with Gasteiger partial charge in [0, 0.05) is 13.1 Å². The third kappa shape index (κ3) is 3.40. The first-order valence-corrected chi connectivity index (χ1v) is 7.63. The van der Waals surface area contributed by atoms with Crippen molar-refractivity contribution in [3.05, 3.63) is 35.9 Å². The number of carbonyl (C=O) groups is 1. The molecule has 1 aliphatic heterocycles. The summed E-state index contributed by atoms with van der Waals surface area (Å²) in [6.07, 6.45) is 3.04. The molecule has 0 bridgehead atoms. The van der Waals surface area contributed by atoms with Crippen molar-refractivity contribution in [2.75, 3.05) is 27.2 Å². The number of nitrogens with zero attached hydrogens (tertiary/aromatic N) is 2. The highest BCUT2D eigenvalue weighted by Crippen LogP contribution is 2.24. The van der Waals surface area contributed by atoms with Gasteiger partial charge in [0.25, 0.3) is 0 Å². The number of benzene rings is 1. The minimum Gasteiger partial charge on any atom is -0.342 e. The lowest BCUT2D eigenvalue weighted by Gasteiger charge is -2.36. The molecule has 1 fully saturated rings. The van der Waals surface area contributed by atoms with Crippen LogP contribution in [0.4, 0.5) is 0 Å². The number of amides is 1. The molecule has 1 aromatic carbocycles. The lowest BCUT2D eigenvalue weighted by atomic mass is 9.93. The first kappa shape index (κ1) is 15.0. The maximum absolute atomic E-state index is 12.8. The van der Waals surface area contributed by atoms with Crippen LogP contribution >= 0.6 is 0 Å². The zero-order valence-electron chi connectivity index (χ0n) is 12.9. The van der Waals surface area contributed by atoms with Crippen LogP contribution in [-0.2, 0) is 4.79 Å². The molecular weight excluding hydrogens is 248 g/mol. The van der Waals surface area contributed by atoms with E-state index in [0.717, 1.165) is 37.9 Å². The van der Waals surface area contributed by atoms with Gasteiger partial charge < -0.3 is 9.80 Å². The third-order valence-electron chi connectivity index (χ3n) is 4.49. The molecule has 2 rings (SSSR count). The maximum Gasteiger partial charge on any atom is 0.230 e. The number of likely N-dealkylation sites (tertiary alicyclic amines) is 1. The van der Waals surface area contributed by atoms with E-state index < -0.39 is 0 Å². The van der Waals surface area contributed by atoms with Gasteiger partial charge >= 0.3 is 0 Å². The van der Waals surface area contributed by atoms with Gasteiger partial charge in [0.1, 0.15) is 0 Å². The molecule has 0 N–H and O–H groups in total. The van der Waals surface area contributed by atoms with Gasteiger partial charge in [0.15, 0.2) is 0 Å². The molecule has 0 saturated carbocycles. The predicted octanol–water partition coefficient (Wildman–Crippen LogP) is 2.73. The first-order chi connectivity index (χ1) is 9.63. The fraction of sp³-hybridized carbons (Fsp3) is 0.588. The first-order valence-electron chi connectivity index (χ1n) is 7.63. The summed E-state index contributed by atoms with van der Waals surface area (Å²) < 4.78 is 0. The van der Waals surface area contributed by atoms with Crippen LogP contribution in [0.2, 0.25) is 0 Å². The molecule has 1 amide bonds. The number of hydrogen-bond acceptors (Lipinski definition) is 2. The largest absolute Gasteiger partial charge is 0.342 e. The van der Waals surface area contributed by atoms with Crippen molar-refractivity contribution in [1.82, 2.24) is 9.80 Å². The molecule has 1 heterocycles. The number of hydrogen-bond donors (Lipinski definition) is 0. The standard InChI is InChI=1S/C17H26N2O/c1-4-16(14-8-6-5-7-9-14)17(20)19(3)15-10-12-18(2)13-11-15/h5-9,15-16H,4,10-13H2,1-3H3/t16-/m1/s1. The quantitative estimate of drug-likeness (QED) is 0.843. The van der Waals surface area contributed by atoms with E-state index in [1.807, 2.05) is 30.1 Å². The van der Waals surface area contributed by atoms with Gasteiger partial charge in [-0.2, -0.15) is 0 Å². The van der Waals surface area contributed by atoms with E-state index in [2.05, 4.69) is 31.0 Å². The van der Waals surface area contributed by atoms with Gasteiger partial charge in [-0.25, -0.2) is 0 Å². The third-order valence-corrected chi connectivity index (χ3v) is 4.49. The van der Waals surface area contributed by atoms with E-state index in [4.69, 9.17) is 0 Å². The second-order valence-electron chi connectivity index (χ2n) is 5.86. The molecule has 3 nitrogen and oxygen atoms in total. The highest BCUT2D eigenvalue weighted by Gasteiger charge is 2.28. The Morgan fingerprint density at radius 1 is 1.30 bits per heavy atom. The SMILES string of the molecule is CC[C@@H](C(=O)N(C)C1CCN(C)CC1)c1ccccc1. The van der Waals surface area contributed by atoms with E-state index >= 15 is 0 Å². The smallest absolute Gasteiger partial charge is 0.230 e. The molecule has 3 heteroatoms. The van der Waals surface area contributed by atoms with Gasteiger partial charge in [-0.1, -0.05) is 37.3 Å². The maximum atomic E-state index is 12.8. The number of carbonyl (C=O) groups excluding carboxylic acids is 1. The molecule has 1 aliphatic rings. The van der Waals surface area contributed by atoms with Gasteiger partial charge in [-0.15, -0.1) is 0 Å². The molecule has 0 unspecified atom stereocenters. The molecule has 1 atom stereocenters. The zero-order valence-corrected chi connectivity index (χ0v) is 12.9. The predicted molar refractivity (Wildman–Crippen MR) is 82.8 cm³/mol. The Bertz CT molecular complexity index is 424. The molecule has 1 aromatic rings. The Hall–Kier alpha value is -1.35. The highest BCUT2D eigenvalue weighted by atomic mass is 16.2. The van der Waals surface area contributed by atoms with Gasteiger partial charge in [-0.05, 0) is 45.0 Å². The van der Waals surface area contributed by atoms with E-state index in [1.165, 1.54) is 0 Å². The average Bonchev–Trinajstić information content (AvgIpc) is 2.49.